The lowest BCUT2D eigenvalue weighted by Gasteiger charge is -2.15. The van der Waals surface area contributed by atoms with Crippen LogP contribution in [0.2, 0.25) is 0 Å². The lowest BCUT2D eigenvalue weighted by atomic mass is 9.89. The normalized spacial score (nSPS) is 21.1. The van der Waals surface area contributed by atoms with E-state index in [9.17, 15) is 4.79 Å². The number of ketones is 1. The van der Waals surface area contributed by atoms with E-state index in [-0.39, 0.29) is 0 Å². The Balaban J connectivity index is 2.47. The summed E-state index contributed by atoms with van der Waals surface area (Å²) in [4.78, 5) is 11.6. The van der Waals surface area contributed by atoms with Crippen molar-refractivity contribution in [1.82, 2.24) is 0 Å². The van der Waals surface area contributed by atoms with E-state index in [2.05, 4.69) is 13.8 Å². The second kappa shape index (κ2) is 6.00. The van der Waals surface area contributed by atoms with E-state index in [1.165, 1.54) is 31.3 Å². The molecule has 0 N–H and O–H groups in total. The molecule has 1 rings (SSSR count). The zero-order valence-electron chi connectivity index (χ0n) is 9.57. The van der Waals surface area contributed by atoms with Crippen LogP contribution < -0.4 is 0 Å². The molecule has 80 valence electrons. The first kappa shape index (κ1) is 11.5. The molecule has 1 aliphatic rings. The van der Waals surface area contributed by atoms with Crippen LogP contribution in [0, 0.1) is 0 Å². The summed E-state index contributed by atoms with van der Waals surface area (Å²) < 4.78 is 0. The maximum Gasteiger partial charge on any atom is 0.158 e. The third kappa shape index (κ3) is 3.28. The fourth-order valence-corrected chi connectivity index (χ4v) is 2.12. The Bertz CT molecular complexity index is 225. The molecule has 0 aromatic carbocycles. The van der Waals surface area contributed by atoms with E-state index < -0.39 is 0 Å². The maximum absolute atomic E-state index is 11.6. The van der Waals surface area contributed by atoms with Gasteiger partial charge in [-0.15, -0.1) is 0 Å². The number of hydrogen-bond acceptors (Lipinski definition) is 1. The number of hydrogen-bond donors (Lipinski definition) is 0. The zero-order chi connectivity index (χ0) is 10.4. The third-order valence-corrected chi connectivity index (χ3v) is 3.09. The SMILES string of the molecule is CCCCC/C(C)=C1\CCCCC1=O. The van der Waals surface area contributed by atoms with Gasteiger partial charge in [-0.05, 0) is 44.6 Å². The molecule has 0 aromatic rings. The van der Waals surface area contributed by atoms with Gasteiger partial charge in [0.25, 0.3) is 0 Å². The van der Waals surface area contributed by atoms with Crippen molar-refractivity contribution in [1.29, 1.82) is 0 Å². The zero-order valence-corrected chi connectivity index (χ0v) is 9.57. The summed E-state index contributed by atoms with van der Waals surface area (Å²) in [5.41, 5.74) is 2.52. The van der Waals surface area contributed by atoms with Crippen LogP contribution >= 0.6 is 0 Å². The van der Waals surface area contributed by atoms with E-state index in [0.29, 0.717) is 5.78 Å². The molecule has 0 amide bonds. The fraction of sp³-hybridized carbons (Fsp3) is 0.769. The number of carbonyl (C=O) groups excluding carboxylic acids is 1. The second-order valence-corrected chi connectivity index (χ2v) is 4.35. The van der Waals surface area contributed by atoms with Gasteiger partial charge < -0.3 is 0 Å². The van der Waals surface area contributed by atoms with E-state index in [1.807, 2.05) is 0 Å². The van der Waals surface area contributed by atoms with Gasteiger partial charge in [0.15, 0.2) is 5.78 Å². The molecule has 0 atom stereocenters. The van der Waals surface area contributed by atoms with Crippen molar-refractivity contribution in [2.24, 2.45) is 0 Å². The summed E-state index contributed by atoms with van der Waals surface area (Å²) in [6, 6.07) is 0. The van der Waals surface area contributed by atoms with Gasteiger partial charge in [0.1, 0.15) is 0 Å². The molecule has 0 saturated heterocycles. The molecule has 1 aliphatic carbocycles. The van der Waals surface area contributed by atoms with Crippen LogP contribution in [0.4, 0.5) is 0 Å². The average molecular weight is 194 g/mol. The lowest BCUT2D eigenvalue weighted by molar-refractivity contribution is -0.116. The van der Waals surface area contributed by atoms with Crippen molar-refractivity contribution < 1.29 is 4.79 Å². The molecular formula is C13H22O. The fourth-order valence-electron chi connectivity index (χ4n) is 2.12. The van der Waals surface area contributed by atoms with Gasteiger partial charge in [-0.3, -0.25) is 4.79 Å². The van der Waals surface area contributed by atoms with E-state index in [4.69, 9.17) is 0 Å². The molecule has 1 nitrogen and oxygen atoms in total. The molecule has 0 bridgehead atoms. The Labute approximate surface area is 87.6 Å². The van der Waals surface area contributed by atoms with Crippen LogP contribution in [-0.4, -0.2) is 5.78 Å². The molecular weight excluding hydrogens is 172 g/mol. The highest BCUT2D eigenvalue weighted by molar-refractivity contribution is 5.96. The van der Waals surface area contributed by atoms with Gasteiger partial charge in [0, 0.05) is 6.42 Å². The van der Waals surface area contributed by atoms with Crippen molar-refractivity contribution >= 4 is 5.78 Å². The van der Waals surface area contributed by atoms with E-state index in [1.54, 1.807) is 0 Å². The first-order valence-corrected chi connectivity index (χ1v) is 5.97. The first-order valence-electron chi connectivity index (χ1n) is 5.97. The average Bonchev–Trinajstić information content (AvgIpc) is 2.18. The number of Topliss-reactive ketones (excluding diaryl/α,β-unsaturated/α-hetero) is 1. The molecule has 0 aromatic heterocycles. The van der Waals surface area contributed by atoms with E-state index >= 15 is 0 Å². The molecule has 0 radical (unpaired) electrons. The highest BCUT2D eigenvalue weighted by Crippen LogP contribution is 2.25. The predicted molar refractivity (Wildman–Crippen MR) is 60.3 cm³/mol. The van der Waals surface area contributed by atoms with Crippen molar-refractivity contribution in [2.45, 2.75) is 65.2 Å². The number of rotatable bonds is 4. The predicted octanol–water partition coefficient (Wildman–Crippen LogP) is 4.03. The summed E-state index contributed by atoms with van der Waals surface area (Å²) in [7, 11) is 0. The smallest absolute Gasteiger partial charge is 0.158 e. The summed E-state index contributed by atoms with van der Waals surface area (Å²) in [5, 5.41) is 0. The van der Waals surface area contributed by atoms with Crippen molar-refractivity contribution in [2.75, 3.05) is 0 Å². The number of allylic oxidation sites excluding steroid dienone is 2. The summed E-state index contributed by atoms with van der Waals surface area (Å²) >= 11 is 0. The van der Waals surface area contributed by atoms with Gasteiger partial charge in [-0.2, -0.15) is 0 Å². The minimum absolute atomic E-state index is 0.422. The highest BCUT2D eigenvalue weighted by Gasteiger charge is 2.16. The third-order valence-electron chi connectivity index (χ3n) is 3.09. The van der Waals surface area contributed by atoms with Crippen LogP contribution in [-0.2, 0) is 4.79 Å². The molecule has 14 heavy (non-hydrogen) atoms. The molecule has 0 aliphatic heterocycles. The Hall–Kier alpha value is -0.590. The quantitative estimate of drug-likeness (QED) is 0.488. The Morgan fingerprint density at radius 3 is 2.57 bits per heavy atom. The standard InChI is InChI=1S/C13H22O/c1-3-4-5-8-11(2)12-9-6-7-10-13(12)14/h3-10H2,1-2H3/b12-11+. The molecule has 0 heterocycles. The maximum atomic E-state index is 11.6. The first-order chi connectivity index (χ1) is 6.75. The highest BCUT2D eigenvalue weighted by atomic mass is 16.1. The molecule has 0 spiro atoms. The molecule has 0 unspecified atom stereocenters. The van der Waals surface area contributed by atoms with Crippen molar-refractivity contribution in [3.63, 3.8) is 0 Å². The molecule has 1 saturated carbocycles. The topological polar surface area (TPSA) is 17.1 Å². The monoisotopic (exact) mass is 194 g/mol. The van der Waals surface area contributed by atoms with Gasteiger partial charge >= 0.3 is 0 Å². The molecule has 1 heteroatoms. The van der Waals surface area contributed by atoms with Crippen LogP contribution in [0.5, 0.6) is 0 Å². The number of carbonyl (C=O) groups is 1. The van der Waals surface area contributed by atoms with Crippen LogP contribution in [0.15, 0.2) is 11.1 Å². The minimum Gasteiger partial charge on any atom is -0.295 e. The summed E-state index contributed by atoms with van der Waals surface area (Å²) in [6.45, 7) is 4.36. The van der Waals surface area contributed by atoms with Crippen LogP contribution in [0.25, 0.3) is 0 Å². The van der Waals surface area contributed by atoms with Gasteiger partial charge in [-0.1, -0.05) is 25.3 Å². The lowest BCUT2D eigenvalue weighted by Crippen LogP contribution is -2.10. The van der Waals surface area contributed by atoms with Crippen molar-refractivity contribution in [3.05, 3.63) is 11.1 Å². The minimum atomic E-state index is 0.422. The summed E-state index contributed by atoms with van der Waals surface area (Å²) in [5.74, 6) is 0.422. The van der Waals surface area contributed by atoms with Crippen LogP contribution in [0.3, 0.4) is 0 Å². The van der Waals surface area contributed by atoms with Crippen molar-refractivity contribution in [3.8, 4) is 0 Å². The van der Waals surface area contributed by atoms with Crippen LogP contribution in [0.1, 0.15) is 65.2 Å². The van der Waals surface area contributed by atoms with Gasteiger partial charge in [0.05, 0.1) is 0 Å². The van der Waals surface area contributed by atoms with Gasteiger partial charge in [-0.25, -0.2) is 0 Å². The summed E-state index contributed by atoms with van der Waals surface area (Å²) in [6.07, 6.45) is 9.08. The Morgan fingerprint density at radius 1 is 1.21 bits per heavy atom. The largest absolute Gasteiger partial charge is 0.295 e. The Kier molecular flexibility index (Phi) is 4.92. The second-order valence-electron chi connectivity index (χ2n) is 4.35. The molecule has 1 fully saturated rings. The Morgan fingerprint density at radius 2 is 1.93 bits per heavy atom. The van der Waals surface area contributed by atoms with E-state index in [0.717, 1.165) is 31.3 Å². The number of unbranched alkanes of at least 4 members (excludes halogenated alkanes) is 2. The van der Waals surface area contributed by atoms with Gasteiger partial charge in [0.2, 0.25) is 0 Å².